The van der Waals surface area contributed by atoms with Gasteiger partial charge in [-0.25, -0.2) is 0 Å². The molecule has 1 aromatic carbocycles. The minimum Gasteiger partial charge on any atom is -0.455 e. The molecule has 0 radical (unpaired) electrons. The van der Waals surface area contributed by atoms with E-state index in [9.17, 15) is 9.59 Å². The van der Waals surface area contributed by atoms with Gasteiger partial charge in [0.25, 0.3) is 5.91 Å². The molecular formula is C23H31NO4. The van der Waals surface area contributed by atoms with Gasteiger partial charge in [0.2, 0.25) is 0 Å². The molecule has 2 aliphatic carbocycles. The number of rotatable bonds is 4. The third kappa shape index (κ3) is 3.57. The van der Waals surface area contributed by atoms with Crippen molar-refractivity contribution in [1.29, 1.82) is 0 Å². The molecule has 1 aliphatic heterocycles. The van der Waals surface area contributed by atoms with Crippen LogP contribution >= 0.6 is 0 Å². The van der Waals surface area contributed by atoms with Crippen molar-refractivity contribution in [2.45, 2.75) is 76.4 Å². The molecule has 0 bridgehead atoms. The number of morpholine rings is 1. The summed E-state index contributed by atoms with van der Waals surface area (Å²) < 4.78 is 11.5. The number of hydrogen-bond donors (Lipinski definition) is 0. The molecular weight excluding hydrogens is 354 g/mol. The molecule has 4 rings (SSSR count). The van der Waals surface area contributed by atoms with Crippen molar-refractivity contribution in [3.8, 4) is 0 Å². The summed E-state index contributed by atoms with van der Waals surface area (Å²) in [6, 6.07) is 6.43. The average Bonchev–Trinajstić information content (AvgIpc) is 2.64. The summed E-state index contributed by atoms with van der Waals surface area (Å²) in [5, 5.41) is 0. The van der Waals surface area contributed by atoms with Crippen LogP contribution < -0.4 is 0 Å². The first-order chi connectivity index (χ1) is 13.5. The third-order valence-electron chi connectivity index (χ3n) is 6.75. The molecule has 5 heteroatoms. The summed E-state index contributed by atoms with van der Waals surface area (Å²) in [6.45, 7) is 5.12. The molecule has 0 unspecified atom stereocenters. The van der Waals surface area contributed by atoms with Crippen LogP contribution in [0.15, 0.2) is 18.2 Å². The maximum absolute atomic E-state index is 13.0. The lowest BCUT2D eigenvalue weighted by atomic mass is 9.64. The van der Waals surface area contributed by atoms with Gasteiger partial charge in [-0.1, -0.05) is 48.6 Å². The van der Waals surface area contributed by atoms with Gasteiger partial charge in [-0.15, -0.1) is 0 Å². The highest BCUT2D eigenvalue weighted by Gasteiger charge is 2.47. The van der Waals surface area contributed by atoms with Crippen molar-refractivity contribution in [3.05, 3.63) is 34.9 Å². The number of ether oxygens (including phenoxy) is 2. The van der Waals surface area contributed by atoms with Crippen LogP contribution in [-0.2, 0) is 24.5 Å². The minimum atomic E-state index is -0.574. The molecule has 2 saturated carbocycles. The first-order valence-corrected chi connectivity index (χ1v) is 10.7. The van der Waals surface area contributed by atoms with Crippen LogP contribution in [0.5, 0.6) is 0 Å². The van der Waals surface area contributed by atoms with Gasteiger partial charge in [0.15, 0.2) is 6.61 Å². The normalized spacial score (nSPS) is 26.1. The van der Waals surface area contributed by atoms with Gasteiger partial charge in [0, 0.05) is 6.54 Å². The predicted octanol–water partition coefficient (Wildman–Crippen LogP) is 3.44. The number of esters is 1. The van der Waals surface area contributed by atoms with E-state index in [1.807, 2.05) is 4.90 Å². The lowest BCUT2D eigenvalue weighted by Gasteiger charge is -2.44. The second-order valence-corrected chi connectivity index (χ2v) is 8.74. The molecule has 152 valence electrons. The molecule has 0 spiro atoms. The predicted molar refractivity (Wildman–Crippen MR) is 106 cm³/mol. The average molecular weight is 386 g/mol. The van der Waals surface area contributed by atoms with Gasteiger partial charge in [-0.2, -0.15) is 0 Å². The summed E-state index contributed by atoms with van der Waals surface area (Å²) >= 11 is 0. The Bertz CT molecular complexity index is 733. The van der Waals surface area contributed by atoms with E-state index < -0.39 is 5.41 Å². The number of carbonyl (C=O) groups excluding carboxylic acids is 2. The number of fused-ring (bicyclic) bond motifs is 1. The largest absolute Gasteiger partial charge is 0.455 e. The lowest BCUT2D eigenvalue weighted by molar-refractivity contribution is -0.166. The molecule has 5 nitrogen and oxygen atoms in total. The summed E-state index contributed by atoms with van der Waals surface area (Å²) in [5.74, 6) is -0.325. The van der Waals surface area contributed by atoms with Crippen LogP contribution in [0.1, 0.15) is 61.6 Å². The topological polar surface area (TPSA) is 55.8 Å². The smallest absolute Gasteiger partial charge is 0.317 e. The summed E-state index contributed by atoms with van der Waals surface area (Å²) in [7, 11) is 0. The second-order valence-electron chi connectivity index (χ2n) is 8.74. The number of aryl methyl sites for hydroxylation is 2. The van der Waals surface area contributed by atoms with Crippen molar-refractivity contribution in [3.63, 3.8) is 0 Å². The van der Waals surface area contributed by atoms with Crippen LogP contribution in [0.2, 0.25) is 0 Å². The van der Waals surface area contributed by atoms with E-state index in [-0.39, 0.29) is 30.6 Å². The molecule has 0 N–H and O–H groups in total. The fourth-order valence-corrected chi connectivity index (χ4v) is 5.15. The van der Waals surface area contributed by atoms with Crippen LogP contribution in [-0.4, -0.2) is 48.7 Å². The fraction of sp³-hybridized carbons (Fsp3) is 0.652. The van der Waals surface area contributed by atoms with E-state index in [0.717, 1.165) is 61.6 Å². The monoisotopic (exact) mass is 385 g/mol. The van der Waals surface area contributed by atoms with Crippen LogP contribution in [0, 0.1) is 13.8 Å². The maximum atomic E-state index is 13.0. The van der Waals surface area contributed by atoms with Crippen molar-refractivity contribution in [1.82, 2.24) is 4.90 Å². The molecule has 3 fully saturated rings. The van der Waals surface area contributed by atoms with E-state index in [1.54, 1.807) is 0 Å². The zero-order valence-corrected chi connectivity index (χ0v) is 17.0. The van der Waals surface area contributed by atoms with Crippen LogP contribution in [0.4, 0.5) is 0 Å². The highest BCUT2D eigenvalue weighted by atomic mass is 16.5. The lowest BCUT2D eigenvalue weighted by Crippen LogP contribution is -2.56. The zero-order valence-electron chi connectivity index (χ0n) is 17.0. The maximum Gasteiger partial charge on any atom is 0.317 e. The fourth-order valence-electron chi connectivity index (χ4n) is 5.15. The number of hydrogen-bond acceptors (Lipinski definition) is 4. The van der Waals surface area contributed by atoms with Gasteiger partial charge in [0.05, 0.1) is 24.2 Å². The summed E-state index contributed by atoms with van der Waals surface area (Å²) in [4.78, 5) is 27.7. The molecule has 3 aliphatic rings. The molecule has 1 heterocycles. The van der Waals surface area contributed by atoms with E-state index in [2.05, 4.69) is 32.0 Å². The highest BCUT2D eigenvalue weighted by molar-refractivity contribution is 5.87. The third-order valence-corrected chi connectivity index (χ3v) is 6.75. The van der Waals surface area contributed by atoms with Crippen LogP contribution in [0.3, 0.4) is 0 Å². The standard InChI is InChI=1S/C23H31NO4/c1-16-12-17(2)14-18(13-16)23(8-5-9-23)22(26)28-15-21(25)24-10-11-27-20-7-4-3-6-19(20)24/h12-14,19-20H,3-11,15H2,1-2H3/t19-,20+/m1/s1. The first kappa shape index (κ1) is 19.4. The first-order valence-electron chi connectivity index (χ1n) is 10.7. The molecule has 2 atom stereocenters. The van der Waals surface area contributed by atoms with Gasteiger partial charge < -0.3 is 14.4 Å². The Morgan fingerprint density at radius 3 is 2.50 bits per heavy atom. The SMILES string of the molecule is Cc1cc(C)cc(C2(C(=O)OCC(=O)N3CCO[C@H]4CCCC[C@H]43)CCC2)c1. The van der Waals surface area contributed by atoms with Crippen molar-refractivity contribution in [2.75, 3.05) is 19.8 Å². The van der Waals surface area contributed by atoms with Crippen LogP contribution in [0.25, 0.3) is 0 Å². The highest BCUT2D eigenvalue weighted by Crippen LogP contribution is 2.45. The minimum absolute atomic E-state index is 0.0801. The Hall–Kier alpha value is -1.88. The van der Waals surface area contributed by atoms with Crippen molar-refractivity contribution >= 4 is 11.9 Å². The Labute approximate surface area is 167 Å². The Morgan fingerprint density at radius 2 is 1.82 bits per heavy atom. The van der Waals surface area contributed by atoms with Gasteiger partial charge >= 0.3 is 5.97 Å². The Balaban J connectivity index is 1.42. The van der Waals surface area contributed by atoms with Crippen molar-refractivity contribution < 1.29 is 19.1 Å². The van der Waals surface area contributed by atoms with Gasteiger partial charge in [0.1, 0.15) is 0 Å². The van der Waals surface area contributed by atoms with E-state index in [4.69, 9.17) is 9.47 Å². The Kier molecular flexibility index (Phi) is 5.46. The number of amides is 1. The van der Waals surface area contributed by atoms with E-state index >= 15 is 0 Å². The molecule has 0 aromatic heterocycles. The zero-order chi connectivity index (χ0) is 19.7. The summed E-state index contributed by atoms with van der Waals surface area (Å²) in [5.41, 5.74) is 2.77. The Morgan fingerprint density at radius 1 is 1.11 bits per heavy atom. The number of carbonyl (C=O) groups is 2. The van der Waals surface area contributed by atoms with Gasteiger partial charge in [-0.05, 0) is 45.1 Å². The van der Waals surface area contributed by atoms with E-state index in [0.29, 0.717) is 13.2 Å². The number of benzene rings is 1. The molecule has 1 aromatic rings. The van der Waals surface area contributed by atoms with E-state index in [1.165, 1.54) is 0 Å². The van der Waals surface area contributed by atoms with Crippen molar-refractivity contribution in [2.24, 2.45) is 0 Å². The molecule has 1 saturated heterocycles. The quantitative estimate of drug-likeness (QED) is 0.745. The molecule has 1 amide bonds. The summed E-state index contributed by atoms with van der Waals surface area (Å²) in [6.07, 6.45) is 7.05. The van der Waals surface area contributed by atoms with Gasteiger partial charge in [-0.3, -0.25) is 9.59 Å². The second kappa shape index (κ2) is 7.86. The number of nitrogens with zero attached hydrogens (tertiary/aromatic N) is 1. The molecule has 28 heavy (non-hydrogen) atoms.